The first-order chi connectivity index (χ1) is 8.33. The highest BCUT2D eigenvalue weighted by Gasteiger charge is 2.28. The van der Waals surface area contributed by atoms with Crippen molar-refractivity contribution in [3.05, 3.63) is 29.8 Å². The van der Waals surface area contributed by atoms with Gasteiger partial charge in [0, 0.05) is 12.5 Å². The summed E-state index contributed by atoms with van der Waals surface area (Å²) in [4.78, 5) is 0. The molecule has 2 N–H and O–H groups in total. The van der Waals surface area contributed by atoms with Crippen molar-refractivity contribution in [2.45, 2.75) is 50.7 Å². The fourth-order valence-corrected chi connectivity index (χ4v) is 3.27. The van der Waals surface area contributed by atoms with Gasteiger partial charge < -0.3 is 10.5 Å². The van der Waals surface area contributed by atoms with E-state index in [0.29, 0.717) is 12.1 Å². The maximum absolute atomic E-state index is 6.31. The molecule has 0 saturated heterocycles. The Kier molecular flexibility index (Phi) is 3.06. The zero-order valence-electron chi connectivity index (χ0n) is 10.3. The molecule has 0 aromatic heterocycles. The number of hydrogen-bond donors (Lipinski definition) is 1. The Balaban J connectivity index is 1.58. The lowest BCUT2D eigenvalue weighted by Gasteiger charge is -2.22. The van der Waals surface area contributed by atoms with Gasteiger partial charge in [-0.1, -0.05) is 31.0 Å². The Morgan fingerprint density at radius 1 is 1.24 bits per heavy atom. The quantitative estimate of drug-likeness (QED) is 0.868. The predicted octanol–water partition coefficient (Wildman–Crippen LogP) is 2.90. The first-order valence-electron chi connectivity index (χ1n) is 6.83. The van der Waals surface area contributed by atoms with Gasteiger partial charge in [0.25, 0.3) is 0 Å². The second-order valence-electron chi connectivity index (χ2n) is 5.50. The second-order valence-corrected chi connectivity index (χ2v) is 5.50. The van der Waals surface area contributed by atoms with Crippen LogP contribution in [0.15, 0.2) is 24.3 Å². The van der Waals surface area contributed by atoms with E-state index < -0.39 is 0 Å². The summed E-state index contributed by atoms with van der Waals surface area (Å²) in [6, 6.07) is 8.68. The Bertz CT molecular complexity index is 359. The zero-order valence-corrected chi connectivity index (χ0v) is 10.3. The van der Waals surface area contributed by atoms with E-state index in [9.17, 15) is 0 Å². The average molecular weight is 231 g/mol. The Morgan fingerprint density at radius 3 is 2.76 bits per heavy atom. The average Bonchev–Trinajstić information content (AvgIpc) is 2.97. The summed E-state index contributed by atoms with van der Waals surface area (Å²) < 4.78 is 5.96. The van der Waals surface area contributed by atoms with E-state index >= 15 is 0 Å². The van der Waals surface area contributed by atoms with Crippen LogP contribution in [0.1, 0.15) is 37.7 Å². The van der Waals surface area contributed by atoms with E-state index in [2.05, 4.69) is 18.2 Å². The molecule has 2 nitrogen and oxygen atoms in total. The molecule has 0 spiro atoms. The molecule has 1 aromatic rings. The van der Waals surface area contributed by atoms with Gasteiger partial charge in [0.15, 0.2) is 0 Å². The molecule has 0 radical (unpaired) electrons. The van der Waals surface area contributed by atoms with Crippen molar-refractivity contribution in [1.82, 2.24) is 0 Å². The van der Waals surface area contributed by atoms with E-state index in [1.54, 1.807) is 0 Å². The number of ether oxygens (including phenoxy) is 1. The van der Waals surface area contributed by atoms with Crippen LogP contribution in [0, 0.1) is 5.92 Å². The van der Waals surface area contributed by atoms with E-state index in [1.165, 1.54) is 31.2 Å². The fraction of sp³-hybridized carbons (Fsp3) is 0.600. The van der Waals surface area contributed by atoms with Crippen LogP contribution in [-0.2, 0) is 6.42 Å². The van der Waals surface area contributed by atoms with Gasteiger partial charge in [0.05, 0.1) is 0 Å². The third kappa shape index (κ3) is 2.32. The van der Waals surface area contributed by atoms with Gasteiger partial charge in [-0.25, -0.2) is 0 Å². The lowest BCUT2D eigenvalue weighted by atomic mass is 9.93. The van der Waals surface area contributed by atoms with Gasteiger partial charge in [-0.05, 0) is 36.8 Å². The fourth-order valence-electron chi connectivity index (χ4n) is 3.27. The molecule has 2 unspecified atom stereocenters. The molecule has 1 aromatic carbocycles. The van der Waals surface area contributed by atoms with E-state index in [-0.39, 0.29) is 0 Å². The summed E-state index contributed by atoms with van der Waals surface area (Å²) in [5.41, 5.74) is 7.66. The van der Waals surface area contributed by atoms with Gasteiger partial charge in [-0.3, -0.25) is 0 Å². The van der Waals surface area contributed by atoms with Crippen molar-refractivity contribution in [2.75, 3.05) is 0 Å². The number of nitrogens with two attached hydrogens (primary N) is 1. The summed E-state index contributed by atoms with van der Waals surface area (Å²) in [6.45, 7) is 0. The predicted molar refractivity (Wildman–Crippen MR) is 69.1 cm³/mol. The number of para-hydroxylation sites is 1. The summed E-state index contributed by atoms with van der Waals surface area (Å²) in [5, 5.41) is 0. The molecule has 1 aliphatic heterocycles. The smallest absolute Gasteiger partial charge is 0.123 e. The highest BCUT2D eigenvalue weighted by atomic mass is 16.5. The van der Waals surface area contributed by atoms with Gasteiger partial charge >= 0.3 is 0 Å². The van der Waals surface area contributed by atoms with E-state index in [1.807, 2.05) is 6.07 Å². The van der Waals surface area contributed by atoms with Crippen molar-refractivity contribution in [3.8, 4) is 5.75 Å². The number of rotatable bonds is 3. The van der Waals surface area contributed by atoms with Crippen LogP contribution in [0.2, 0.25) is 0 Å². The molecule has 1 aliphatic carbocycles. The molecule has 1 saturated carbocycles. The van der Waals surface area contributed by atoms with E-state index in [0.717, 1.165) is 24.5 Å². The summed E-state index contributed by atoms with van der Waals surface area (Å²) >= 11 is 0. The second kappa shape index (κ2) is 4.69. The number of benzene rings is 1. The Morgan fingerprint density at radius 2 is 2.00 bits per heavy atom. The SMILES string of the molecule is NC(CC1Cc2ccccc2O1)C1CCCC1. The molecule has 0 bridgehead atoms. The van der Waals surface area contributed by atoms with Crippen LogP contribution >= 0.6 is 0 Å². The minimum absolute atomic E-state index is 0.308. The minimum atomic E-state index is 0.308. The van der Waals surface area contributed by atoms with Crippen molar-refractivity contribution in [2.24, 2.45) is 11.7 Å². The molecule has 17 heavy (non-hydrogen) atoms. The Labute approximate surface area is 103 Å². The van der Waals surface area contributed by atoms with Crippen molar-refractivity contribution < 1.29 is 4.74 Å². The van der Waals surface area contributed by atoms with Crippen LogP contribution in [0.3, 0.4) is 0 Å². The zero-order chi connectivity index (χ0) is 11.7. The summed E-state index contributed by atoms with van der Waals surface area (Å²) in [7, 11) is 0. The third-order valence-corrected chi connectivity index (χ3v) is 4.25. The van der Waals surface area contributed by atoms with Gasteiger partial charge in [0.1, 0.15) is 11.9 Å². The molecular formula is C15H21NO. The van der Waals surface area contributed by atoms with Crippen LogP contribution in [0.4, 0.5) is 0 Å². The largest absolute Gasteiger partial charge is 0.490 e. The molecule has 1 heterocycles. The van der Waals surface area contributed by atoms with Crippen LogP contribution < -0.4 is 10.5 Å². The number of hydrogen-bond acceptors (Lipinski definition) is 2. The van der Waals surface area contributed by atoms with Gasteiger partial charge in [-0.2, -0.15) is 0 Å². The summed E-state index contributed by atoms with van der Waals surface area (Å²) in [6.07, 6.45) is 7.73. The Hall–Kier alpha value is -1.02. The van der Waals surface area contributed by atoms with Crippen molar-refractivity contribution in [1.29, 1.82) is 0 Å². The first-order valence-corrected chi connectivity index (χ1v) is 6.83. The molecule has 2 atom stereocenters. The molecular weight excluding hydrogens is 210 g/mol. The van der Waals surface area contributed by atoms with Crippen LogP contribution in [-0.4, -0.2) is 12.1 Å². The molecule has 2 aliphatic rings. The van der Waals surface area contributed by atoms with Crippen molar-refractivity contribution in [3.63, 3.8) is 0 Å². The van der Waals surface area contributed by atoms with Crippen LogP contribution in [0.25, 0.3) is 0 Å². The molecule has 1 fully saturated rings. The first kappa shape index (κ1) is 11.1. The topological polar surface area (TPSA) is 35.2 Å². The van der Waals surface area contributed by atoms with Gasteiger partial charge in [-0.15, -0.1) is 0 Å². The molecule has 3 rings (SSSR count). The maximum atomic E-state index is 6.31. The maximum Gasteiger partial charge on any atom is 0.123 e. The lowest BCUT2D eigenvalue weighted by molar-refractivity contribution is 0.195. The highest BCUT2D eigenvalue weighted by Crippen LogP contribution is 2.33. The minimum Gasteiger partial charge on any atom is -0.490 e. The van der Waals surface area contributed by atoms with Crippen LogP contribution in [0.5, 0.6) is 5.75 Å². The normalized spacial score (nSPS) is 25.6. The lowest BCUT2D eigenvalue weighted by Crippen LogP contribution is -2.34. The monoisotopic (exact) mass is 231 g/mol. The standard InChI is InChI=1S/C15H21NO/c16-14(11-5-1-2-6-11)10-13-9-12-7-3-4-8-15(12)17-13/h3-4,7-8,11,13-14H,1-2,5-6,9-10,16H2. The molecule has 92 valence electrons. The summed E-state index contributed by atoms with van der Waals surface area (Å²) in [5.74, 6) is 1.80. The van der Waals surface area contributed by atoms with Crippen molar-refractivity contribution >= 4 is 0 Å². The van der Waals surface area contributed by atoms with Gasteiger partial charge in [0.2, 0.25) is 0 Å². The highest BCUT2D eigenvalue weighted by molar-refractivity contribution is 5.37. The molecule has 0 amide bonds. The number of fused-ring (bicyclic) bond motifs is 1. The van der Waals surface area contributed by atoms with E-state index in [4.69, 9.17) is 10.5 Å². The third-order valence-electron chi connectivity index (χ3n) is 4.25. The molecule has 2 heteroatoms.